The number of pyridine rings is 1. The van der Waals surface area contributed by atoms with Gasteiger partial charge in [0.15, 0.2) is 0 Å². The van der Waals surface area contributed by atoms with Crippen LogP contribution < -0.4 is 0 Å². The fraction of sp³-hybridized carbons (Fsp3) is 0.455. The summed E-state index contributed by atoms with van der Waals surface area (Å²) in [6.07, 6.45) is 3.43. The Bertz CT molecular complexity index is 343. The van der Waals surface area contributed by atoms with Gasteiger partial charge in [-0.15, -0.1) is 0 Å². The molecular formula is C11H16N2OS. The highest BCUT2D eigenvalue weighted by molar-refractivity contribution is 7.91. The van der Waals surface area contributed by atoms with Crippen LogP contribution in [-0.2, 0) is 11.4 Å². The fourth-order valence-corrected chi connectivity index (χ4v) is 1.52. The molecule has 82 valence electrons. The Morgan fingerprint density at radius 1 is 1.47 bits per heavy atom. The van der Waals surface area contributed by atoms with Crippen molar-refractivity contribution in [2.24, 2.45) is 4.40 Å². The van der Waals surface area contributed by atoms with Gasteiger partial charge in [0.2, 0.25) is 0 Å². The van der Waals surface area contributed by atoms with Gasteiger partial charge in [-0.05, 0) is 39.8 Å². The van der Waals surface area contributed by atoms with Crippen molar-refractivity contribution < 1.29 is 4.55 Å². The monoisotopic (exact) mass is 224 g/mol. The van der Waals surface area contributed by atoms with Crippen LogP contribution >= 0.6 is 0 Å². The molecule has 0 saturated heterocycles. The van der Waals surface area contributed by atoms with E-state index in [1.807, 2.05) is 39.8 Å². The third-order valence-corrected chi connectivity index (χ3v) is 3.31. The maximum atomic E-state index is 11.8. The molecule has 1 atom stereocenters. The highest BCUT2D eigenvalue weighted by Crippen LogP contribution is 2.18. The van der Waals surface area contributed by atoms with E-state index in [0.29, 0.717) is 0 Å². The zero-order chi connectivity index (χ0) is 11.5. The zero-order valence-corrected chi connectivity index (χ0v) is 10.3. The lowest BCUT2D eigenvalue weighted by molar-refractivity contribution is 0.561. The smallest absolute Gasteiger partial charge is 0.144 e. The van der Waals surface area contributed by atoms with Crippen molar-refractivity contribution in [1.82, 2.24) is 4.98 Å². The van der Waals surface area contributed by atoms with Crippen molar-refractivity contribution in [3.63, 3.8) is 0 Å². The molecule has 0 saturated carbocycles. The average Bonchev–Trinajstić information content (AvgIpc) is 2.17. The molecule has 1 unspecified atom stereocenters. The van der Waals surface area contributed by atoms with E-state index in [0.717, 1.165) is 11.3 Å². The van der Waals surface area contributed by atoms with Crippen LogP contribution in [0.1, 0.15) is 33.3 Å². The Balaban J connectivity index is 2.86. The Kier molecular flexibility index (Phi) is 3.88. The van der Waals surface area contributed by atoms with Crippen LogP contribution in [0.4, 0.5) is 0 Å². The Labute approximate surface area is 94.0 Å². The predicted molar refractivity (Wildman–Crippen MR) is 64.3 cm³/mol. The summed E-state index contributed by atoms with van der Waals surface area (Å²) in [5.74, 6) is 0. The Hall–Kier alpha value is -0.870. The molecule has 1 aromatic heterocycles. The minimum absolute atomic E-state index is 0.316. The van der Waals surface area contributed by atoms with E-state index in [2.05, 4.69) is 9.38 Å². The van der Waals surface area contributed by atoms with Crippen molar-refractivity contribution in [3.8, 4) is 0 Å². The van der Waals surface area contributed by atoms with Crippen molar-refractivity contribution in [3.05, 3.63) is 30.1 Å². The van der Waals surface area contributed by atoms with E-state index in [-0.39, 0.29) is 4.75 Å². The number of aromatic nitrogens is 1. The van der Waals surface area contributed by atoms with Crippen LogP contribution in [0.2, 0.25) is 0 Å². The summed E-state index contributed by atoms with van der Waals surface area (Å²) >= 11 is -1.21. The summed E-state index contributed by atoms with van der Waals surface area (Å²) in [5, 5.41) is 0. The first-order valence-electron chi connectivity index (χ1n) is 4.79. The molecule has 0 N–H and O–H groups in total. The van der Waals surface area contributed by atoms with E-state index in [9.17, 15) is 4.55 Å². The molecule has 0 fully saturated rings. The molecule has 0 aliphatic carbocycles. The molecule has 0 aliphatic heterocycles. The van der Waals surface area contributed by atoms with Crippen LogP contribution in [0.3, 0.4) is 0 Å². The Morgan fingerprint density at radius 3 is 2.60 bits per heavy atom. The van der Waals surface area contributed by atoms with Crippen LogP contribution in [0.25, 0.3) is 0 Å². The summed E-state index contributed by atoms with van der Waals surface area (Å²) in [4.78, 5) is 4.00. The summed E-state index contributed by atoms with van der Waals surface area (Å²) in [6, 6.07) is 3.75. The first kappa shape index (κ1) is 12.2. The maximum absolute atomic E-state index is 11.8. The highest BCUT2D eigenvalue weighted by Gasteiger charge is 2.26. The number of nitrogens with zero attached hydrogens (tertiary/aromatic N) is 2. The lowest BCUT2D eigenvalue weighted by atomic mass is 10.2. The second-order valence-electron chi connectivity index (χ2n) is 4.28. The second-order valence-corrected chi connectivity index (χ2v) is 6.19. The molecule has 0 aromatic carbocycles. The topological polar surface area (TPSA) is 48.3 Å². The number of rotatable bonds is 2. The van der Waals surface area contributed by atoms with E-state index in [4.69, 9.17) is 0 Å². The summed E-state index contributed by atoms with van der Waals surface area (Å²) in [7, 11) is 0. The fourth-order valence-electron chi connectivity index (χ4n) is 0.891. The molecule has 0 amide bonds. The van der Waals surface area contributed by atoms with Gasteiger partial charge in [0, 0.05) is 18.0 Å². The minimum Gasteiger partial charge on any atom is -0.591 e. The molecule has 1 aromatic rings. The number of hydrogen-bond acceptors (Lipinski definition) is 3. The summed E-state index contributed by atoms with van der Waals surface area (Å²) in [6.45, 7) is 7.57. The molecule has 0 radical (unpaired) electrons. The Morgan fingerprint density at radius 2 is 2.13 bits per heavy atom. The van der Waals surface area contributed by atoms with Gasteiger partial charge < -0.3 is 4.55 Å². The lowest BCUT2D eigenvalue weighted by Gasteiger charge is -2.18. The summed E-state index contributed by atoms with van der Waals surface area (Å²) < 4.78 is 15.6. The van der Waals surface area contributed by atoms with Gasteiger partial charge >= 0.3 is 0 Å². The molecule has 0 spiro atoms. The van der Waals surface area contributed by atoms with E-state index < -0.39 is 11.4 Å². The summed E-state index contributed by atoms with van der Waals surface area (Å²) in [5.41, 5.74) is 1.67. The van der Waals surface area contributed by atoms with Crippen LogP contribution in [0.5, 0.6) is 0 Å². The van der Waals surface area contributed by atoms with Crippen molar-refractivity contribution >= 4 is 17.1 Å². The standard InChI is InChI=1S/C11H16N2OS/c1-9(10-6-5-7-12-8-10)13-15(14)11(2,3)4/h5-8H,1-4H3/b13-9+. The zero-order valence-electron chi connectivity index (χ0n) is 9.52. The minimum atomic E-state index is -1.21. The second kappa shape index (κ2) is 4.77. The molecule has 1 heterocycles. The van der Waals surface area contributed by atoms with Gasteiger partial charge in [0.05, 0.1) is 5.71 Å². The quantitative estimate of drug-likeness (QED) is 0.572. The maximum Gasteiger partial charge on any atom is 0.144 e. The third-order valence-electron chi connectivity index (χ3n) is 1.82. The SMILES string of the molecule is C/C(=N\[S+]([O-])C(C)(C)C)c1cccnc1. The largest absolute Gasteiger partial charge is 0.591 e. The predicted octanol–water partition coefficient (Wildman–Crippen LogP) is 2.35. The lowest BCUT2D eigenvalue weighted by Crippen LogP contribution is -2.26. The first-order valence-corrected chi connectivity index (χ1v) is 5.89. The third kappa shape index (κ3) is 3.64. The average molecular weight is 224 g/mol. The van der Waals surface area contributed by atoms with Crippen molar-refractivity contribution in [1.29, 1.82) is 0 Å². The van der Waals surface area contributed by atoms with Gasteiger partial charge in [-0.25, -0.2) is 0 Å². The van der Waals surface area contributed by atoms with Gasteiger partial charge in [0.25, 0.3) is 0 Å². The molecular weight excluding hydrogens is 208 g/mol. The molecule has 0 bridgehead atoms. The number of hydrogen-bond donors (Lipinski definition) is 0. The van der Waals surface area contributed by atoms with Gasteiger partial charge in [-0.3, -0.25) is 4.98 Å². The van der Waals surface area contributed by atoms with Gasteiger partial charge in [0.1, 0.15) is 16.1 Å². The highest BCUT2D eigenvalue weighted by atomic mass is 32.2. The molecule has 1 rings (SSSR count). The van der Waals surface area contributed by atoms with Crippen LogP contribution in [-0.4, -0.2) is 20.0 Å². The first-order chi connectivity index (χ1) is 6.91. The molecule has 3 nitrogen and oxygen atoms in total. The van der Waals surface area contributed by atoms with Crippen molar-refractivity contribution in [2.45, 2.75) is 32.4 Å². The van der Waals surface area contributed by atoms with E-state index in [1.165, 1.54) is 0 Å². The molecule has 0 aliphatic rings. The van der Waals surface area contributed by atoms with E-state index in [1.54, 1.807) is 12.4 Å². The van der Waals surface area contributed by atoms with Gasteiger partial charge in [-0.1, -0.05) is 4.40 Å². The molecule has 4 heteroatoms. The van der Waals surface area contributed by atoms with Crippen LogP contribution in [0.15, 0.2) is 28.9 Å². The molecule has 15 heavy (non-hydrogen) atoms. The normalized spacial score (nSPS) is 15.1. The van der Waals surface area contributed by atoms with Crippen molar-refractivity contribution in [2.75, 3.05) is 0 Å². The van der Waals surface area contributed by atoms with E-state index >= 15 is 0 Å². The van der Waals surface area contributed by atoms with Crippen LogP contribution in [0, 0.1) is 0 Å². The van der Waals surface area contributed by atoms with Gasteiger partial charge in [-0.2, -0.15) is 0 Å².